The predicted molar refractivity (Wildman–Crippen MR) is 92.3 cm³/mol. The van der Waals surface area contributed by atoms with E-state index in [0.717, 1.165) is 30.2 Å². The van der Waals surface area contributed by atoms with Crippen molar-refractivity contribution in [1.82, 2.24) is 15.0 Å². The van der Waals surface area contributed by atoms with E-state index in [-0.39, 0.29) is 0 Å². The first-order valence-electron chi connectivity index (χ1n) is 5.91. The van der Waals surface area contributed by atoms with Crippen LogP contribution in [0.5, 0.6) is 0 Å². The Hall–Kier alpha value is -1.28. The van der Waals surface area contributed by atoms with Crippen LogP contribution in [0.3, 0.4) is 0 Å². The molecule has 20 heavy (non-hydrogen) atoms. The van der Waals surface area contributed by atoms with Crippen molar-refractivity contribution in [2.45, 2.75) is 6.92 Å². The molecule has 6 heteroatoms. The lowest BCUT2D eigenvalue weighted by Gasteiger charge is -2.09. The van der Waals surface area contributed by atoms with E-state index in [2.05, 4.69) is 53.5 Å². The molecule has 0 spiro atoms. The fraction of sp³-hybridized carbons (Fsp3) is 0.0714. The molecule has 0 atom stereocenters. The number of hydrogen-bond acceptors (Lipinski definition) is 4. The summed E-state index contributed by atoms with van der Waals surface area (Å²) in [5.41, 5.74) is 8.57. The Bertz CT molecular complexity index is 796. The minimum absolute atomic E-state index is 0.500. The SMILES string of the molecule is Cc1nc(-c2ccc(Br)c3cccnc23)nc(N)c1I. The van der Waals surface area contributed by atoms with E-state index in [4.69, 9.17) is 5.73 Å². The Morgan fingerprint density at radius 2 is 2.00 bits per heavy atom. The lowest BCUT2D eigenvalue weighted by Crippen LogP contribution is -2.02. The summed E-state index contributed by atoms with van der Waals surface area (Å²) in [5.74, 6) is 1.11. The number of rotatable bonds is 1. The monoisotopic (exact) mass is 440 g/mol. The molecule has 3 rings (SSSR count). The third-order valence-electron chi connectivity index (χ3n) is 3.00. The zero-order valence-electron chi connectivity index (χ0n) is 10.6. The van der Waals surface area contributed by atoms with Crippen LogP contribution >= 0.6 is 38.5 Å². The largest absolute Gasteiger partial charge is 0.383 e. The molecule has 0 aliphatic rings. The summed E-state index contributed by atoms with van der Waals surface area (Å²) >= 11 is 5.69. The van der Waals surface area contributed by atoms with Gasteiger partial charge in [-0.3, -0.25) is 4.98 Å². The number of fused-ring (bicyclic) bond motifs is 1. The molecule has 1 aromatic carbocycles. The minimum atomic E-state index is 0.500. The molecule has 0 aliphatic heterocycles. The number of halogens is 2. The van der Waals surface area contributed by atoms with Gasteiger partial charge in [0.25, 0.3) is 0 Å². The Kier molecular flexibility index (Phi) is 3.59. The lowest BCUT2D eigenvalue weighted by atomic mass is 10.1. The van der Waals surface area contributed by atoms with Gasteiger partial charge in [-0.25, -0.2) is 9.97 Å². The van der Waals surface area contributed by atoms with Crippen LogP contribution in [0.15, 0.2) is 34.9 Å². The molecule has 0 aliphatic carbocycles. The van der Waals surface area contributed by atoms with Crippen molar-refractivity contribution in [3.05, 3.63) is 44.2 Å². The van der Waals surface area contributed by atoms with Crippen molar-refractivity contribution in [2.24, 2.45) is 0 Å². The van der Waals surface area contributed by atoms with E-state index in [9.17, 15) is 0 Å². The van der Waals surface area contributed by atoms with Crippen LogP contribution in [0.25, 0.3) is 22.3 Å². The van der Waals surface area contributed by atoms with Crippen molar-refractivity contribution in [3.63, 3.8) is 0 Å². The van der Waals surface area contributed by atoms with E-state index < -0.39 is 0 Å². The molecule has 0 saturated carbocycles. The molecule has 100 valence electrons. The summed E-state index contributed by atoms with van der Waals surface area (Å²) in [4.78, 5) is 13.4. The zero-order chi connectivity index (χ0) is 14.3. The van der Waals surface area contributed by atoms with Gasteiger partial charge in [0.2, 0.25) is 0 Å². The van der Waals surface area contributed by atoms with Crippen molar-refractivity contribution in [3.8, 4) is 11.4 Å². The van der Waals surface area contributed by atoms with Crippen molar-refractivity contribution in [1.29, 1.82) is 0 Å². The topological polar surface area (TPSA) is 64.7 Å². The lowest BCUT2D eigenvalue weighted by molar-refractivity contribution is 1.10. The summed E-state index contributed by atoms with van der Waals surface area (Å²) < 4.78 is 1.89. The molecular formula is C14H10BrIN4. The number of anilines is 1. The standard InChI is InChI=1S/C14H10BrIN4/c1-7-11(16)13(17)20-14(19-7)9-4-5-10(15)8-3-2-6-18-12(8)9/h2-6H,1H3,(H2,17,19,20). The minimum Gasteiger partial charge on any atom is -0.383 e. The van der Waals surface area contributed by atoms with E-state index >= 15 is 0 Å². The molecule has 2 N–H and O–H groups in total. The molecule has 2 heterocycles. The fourth-order valence-corrected chi connectivity index (χ4v) is 2.71. The average Bonchev–Trinajstić information content (AvgIpc) is 2.45. The third-order valence-corrected chi connectivity index (χ3v) is 5.02. The van der Waals surface area contributed by atoms with E-state index in [0.29, 0.717) is 11.6 Å². The third kappa shape index (κ3) is 2.26. The number of benzene rings is 1. The van der Waals surface area contributed by atoms with Gasteiger partial charge >= 0.3 is 0 Å². The fourth-order valence-electron chi connectivity index (χ4n) is 2.02. The van der Waals surface area contributed by atoms with Crippen LogP contribution in [0.2, 0.25) is 0 Å². The molecule has 2 aromatic heterocycles. The molecule has 0 fully saturated rings. The Morgan fingerprint density at radius 3 is 2.75 bits per heavy atom. The maximum atomic E-state index is 5.94. The summed E-state index contributed by atoms with van der Waals surface area (Å²) in [6, 6.07) is 7.86. The molecule has 0 amide bonds. The van der Waals surface area contributed by atoms with E-state index in [1.807, 2.05) is 31.2 Å². The number of nitrogens with two attached hydrogens (primary N) is 1. The van der Waals surface area contributed by atoms with Gasteiger partial charge < -0.3 is 5.73 Å². The van der Waals surface area contributed by atoms with Gasteiger partial charge in [-0.2, -0.15) is 0 Å². The average molecular weight is 441 g/mol. The van der Waals surface area contributed by atoms with E-state index in [1.54, 1.807) is 6.20 Å². The highest BCUT2D eigenvalue weighted by molar-refractivity contribution is 14.1. The molecule has 0 bridgehead atoms. The highest BCUT2D eigenvalue weighted by atomic mass is 127. The summed E-state index contributed by atoms with van der Waals surface area (Å²) in [5, 5.41) is 1.03. The number of aryl methyl sites for hydroxylation is 1. The number of aromatic nitrogens is 3. The van der Waals surface area contributed by atoms with E-state index in [1.165, 1.54) is 0 Å². The zero-order valence-corrected chi connectivity index (χ0v) is 14.3. The number of nitrogen functional groups attached to an aromatic ring is 1. The maximum Gasteiger partial charge on any atom is 0.164 e. The normalized spacial score (nSPS) is 10.9. The molecular weight excluding hydrogens is 431 g/mol. The highest BCUT2D eigenvalue weighted by Crippen LogP contribution is 2.31. The van der Waals surface area contributed by atoms with Crippen molar-refractivity contribution < 1.29 is 0 Å². The molecule has 0 radical (unpaired) electrons. The Balaban J connectivity index is 2.33. The smallest absolute Gasteiger partial charge is 0.164 e. The first-order chi connectivity index (χ1) is 9.58. The first kappa shape index (κ1) is 13.7. The van der Waals surface area contributed by atoms with Crippen LogP contribution in [0.4, 0.5) is 5.82 Å². The maximum absolute atomic E-state index is 5.94. The number of nitrogens with zero attached hydrogens (tertiary/aromatic N) is 3. The predicted octanol–water partition coefficient (Wildman–Crippen LogP) is 3.95. The second-order valence-electron chi connectivity index (χ2n) is 4.33. The van der Waals surface area contributed by atoms with Gasteiger partial charge in [0.05, 0.1) is 14.8 Å². The van der Waals surface area contributed by atoms with Gasteiger partial charge in [0.1, 0.15) is 5.82 Å². The number of hydrogen-bond donors (Lipinski definition) is 1. The van der Waals surface area contributed by atoms with Gasteiger partial charge in [0, 0.05) is 21.6 Å². The Morgan fingerprint density at radius 1 is 1.20 bits per heavy atom. The number of pyridine rings is 1. The van der Waals surface area contributed by atoms with Crippen molar-refractivity contribution in [2.75, 3.05) is 5.73 Å². The Labute approximate surface area is 138 Å². The molecule has 3 aromatic rings. The summed E-state index contributed by atoms with van der Waals surface area (Å²) in [6.45, 7) is 1.93. The summed E-state index contributed by atoms with van der Waals surface area (Å²) in [6.07, 6.45) is 1.77. The second-order valence-corrected chi connectivity index (χ2v) is 6.26. The van der Waals surface area contributed by atoms with Gasteiger partial charge in [-0.05, 0) is 47.7 Å². The van der Waals surface area contributed by atoms with Crippen molar-refractivity contribution >= 4 is 55.2 Å². The summed E-state index contributed by atoms with van der Waals surface area (Å²) in [7, 11) is 0. The highest BCUT2D eigenvalue weighted by Gasteiger charge is 2.13. The van der Waals surface area contributed by atoms with Gasteiger partial charge in [-0.1, -0.05) is 22.0 Å². The van der Waals surface area contributed by atoms with Crippen LogP contribution in [0.1, 0.15) is 5.69 Å². The van der Waals surface area contributed by atoms with Crippen LogP contribution in [-0.2, 0) is 0 Å². The quantitative estimate of drug-likeness (QED) is 0.582. The first-order valence-corrected chi connectivity index (χ1v) is 7.78. The van der Waals surface area contributed by atoms with Crippen LogP contribution in [0, 0.1) is 10.5 Å². The molecule has 0 saturated heterocycles. The van der Waals surface area contributed by atoms with Crippen LogP contribution in [-0.4, -0.2) is 15.0 Å². The van der Waals surface area contributed by atoms with Gasteiger partial charge in [-0.15, -0.1) is 0 Å². The van der Waals surface area contributed by atoms with Crippen LogP contribution < -0.4 is 5.73 Å². The van der Waals surface area contributed by atoms with Gasteiger partial charge in [0.15, 0.2) is 5.82 Å². The molecule has 4 nitrogen and oxygen atoms in total. The second kappa shape index (κ2) is 5.25. The molecule has 0 unspecified atom stereocenters.